The topological polar surface area (TPSA) is 28.7 Å². The monoisotopic (exact) mass is 206 g/mol. The van der Waals surface area contributed by atoms with Gasteiger partial charge in [-0.15, -0.1) is 0 Å². The van der Waals surface area contributed by atoms with Crippen molar-refractivity contribution < 1.29 is 0 Å². The summed E-state index contributed by atoms with van der Waals surface area (Å²) >= 11 is 0. The molecule has 1 N–H and O–H groups in total. The van der Waals surface area contributed by atoms with Crippen LogP contribution in [0, 0.1) is 6.92 Å². The lowest BCUT2D eigenvalue weighted by Gasteiger charge is -2.12. The fraction of sp³-hybridized carbons (Fsp3) is 0.769. The maximum atomic E-state index is 4.49. The van der Waals surface area contributed by atoms with Crippen LogP contribution in [0.2, 0.25) is 0 Å². The first-order valence-corrected chi connectivity index (χ1v) is 6.38. The highest BCUT2D eigenvalue weighted by atomic mass is 14.9. The van der Waals surface area contributed by atoms with Crippen molar-refractivity contribution in [1.29, 1.82) is 0 Å². The van der Waals surface area contributed by atoms with Crippen molar-refractivity contribution in [3.05, 3.63) is 17.7 Å². The van der Waals surface area contributed by atoms with Crippen LogP contribution >= 0.6 is 0 Å². The average Bonchev–Trinajstić information content (AvgIpc) is 2.69. The molecule has 2 rings (SSSR count). The molecule has 0 aromatic carbocycles. The molecule has 1 heterocycles. The number of hydrogen-bond donors (Lipinski definition) is 1. The van der Waals surface area contributed by atoms with Crippen LogP contribution in [0.15, 0.2) is 6.20 Å². The van der Waals surface area contributed by atoms with Crippen molar-refractivity contribution in [3.63, 3.8) is 0 Å². The van der Waals surface area contributed by atoms with E-state index in [1.807, 2.05) is 6.20 Å². The van der Waals surface area contributed by atoms with Crippen LogP contribution in [0.25, 0.3) is 0 Å². The summed E-state index contributed by atoms with van der Waals surface area (Å²) in [6.45, 7) is 2.09. The Morgan fingerprint density at radius 2 is 1.67 bits per heavy atom. The Bertz CT molecular complexity index is 280. The molecule has 0 spiro atoms. The second kappa shape index (κ2) is 5.34. The van der Waals surface area contributed by atoms with E-state index in [1.165, 1.54) is 62.9 Å². The molecule has 0 bridgehead atoms. The van der Waals surface area contributed by atoms with E-state index in [0.717, 1.165) is 0 Å². The van der Waals surface area contributed by atoms with Gasteiger partial charge in [-0.25, -0.2) is 4.98 Å². The van der Waals surface area contributed by atoms with E-state index < -0.39 is 0 Å². The van der Waals surface area contributed by atoms with Crippen molar-refractivity contribution in [2.75, 3.05) is 0 Å². The normalized spacial score (nSPS) is 20.6. The second-order valence-electron chi connectivity index (χ2n) is 4.85. The molecule has 0 amide bonds. The minimum atomic E-state index is 0.691. The molecule has 1 saturated carbocycles. The molecule has 2 nitrogen and oxygen atoms in total. The third-order valence-corrected chi connectivity index (χ3v) is 3.46. The summed E-state index contributed by atoms with van der Waals surface area (Å²) in [6.07, 6.45) is 13.1. The summed E-state index contributed by atoms with van der Waals surface area (Å²) in [4.78, 5) is 7.89. The molecule has 0 saturated heterocycles. The van der Waals surface area contributed by atoms with Crippen molar-refractivity contribution in [2.24, 2.45) is 0 Å². The Kier molecular flexibility index (Phi) is 3.81. The number of aromatic nitrogens is 2. The lowest BCUT2D eigenvalue weighted by molar-refractivity contribution is 0.519. The quantitative estimate of drug-likeness (QED) is 0.741. The number of nitrogens with one attached hydrogen (secondary N) is 1. The zero-order valence-corrected chi connectivity index (χ0v) is 9.76. The molecule has 0 aliphatic heterocycles. The average molecular weight is 206 g/mol. The maximum Gasteiger partial charge on any atom is 0.109 e. The first-order chi connectivity index (χ1) is 7.36. The number of aryl methyl sites for hydroxylation is 1. The third kappa shape index (κ3) is 3.08. The van der Waals surface area contributed by atoms with E-state index in [2.05, 4.69) is 16.9 Å². The van der Waals surface area contributed by atoms with Gasteiger partial charge in [0.15, 0.2) is 0 Å². The van der Waals surface area contributed by atoms with Crippen LogP contribution < -0.4 is 0 Å². The molecule has 2 heteroatoms. The molecule has 0 atom stereocenters. The number of aromatic amines is 1. The summed E-state index contributed by atoms with van der Waals surface area (Å²) in [7, 11) is 0. The highest BCUT2D eigenvalue weighted by Crippen LogP contribution is 2.28. The zero-order chi connectivity index (χ0) is 10.5. The van der Waals surface area contributed by atoms with E-state index >= 15 is 0 Å². The second-order valence-corrected chi connectivity index (χ2v) is 4.85. The van der Waals surface area contributed by atoms with Crippen LogP contribution in [-0.2, 0) is 0 Å². The fourth-order valence-electron chi connectivity index (χ4n) is 2.55. The number of nitrogens with zero attached hydrogens (tertiary/aromatic N) is 1. The Labute approximate surface area is 92.5 Å². The van der Waals surface area contributed by atoms with Crippen molar-refractivity contribution in [2.45, 2.75) is 64.2 Å². The van der Waals surface area contributed by atoms with Gasteiger partial charge in [0.2, 0.25) is 0 Å². The van der Waals surface area contributed by atoms with Crippen LogP contribution in [0.5, 0.6) is 0 Å². The standard InChI is InChI=1S/C13H22N2/c1-11-10-14-13(15-11)12-8-6-4-2-3-5-7-9-12/h10,12H,2-9H2,1H3,(H,14,15). The van der Waals surface area contributed by atoms with Crippen LogP contribution in [-0.4, -0.2) is 9.97 Å². The highest BCUT2D eigenvalue weighted by molar-refractivity contribution is 5.03. The molecule has 15 heavy (non-hydrogen) atoms. The zero-order valence-electron chi connectivity index (χ0n) is 9.76. The Hall–Kier alpha value is -0.790. The largest absolute Gasteiger partial charge is 0.346 e. The summed E-state index contributed by atoms with van der Waals surface area (Å²) in [6, 6.07) is 0. The third-order valence-electron chi connectivity index (χ3n) is 3.46. The van der Waals surface area contributed by atoms with E-state index in [1.54, 1.807) is 0 Å². The van der Waals surface area contributed by atoms with Gasteiger partial charge < -0.3 is 4.98 Å². The van der Waals surface area contributed by atoms with Gasteiger partial charge in [-0.2, -0.15) is 0 Å². The minimum absolute atomic E-state index is 0.691. The molecular formula is C13H22N2. The summed E-state index contributed by atoms with van der Waals surface area (Å²) < 4.78 is 0. The van der Waals surface area contributed by atoms with Gasteiger partial charge in [-0.1, -0.05) is 38.5 Å². The molecule has 1 aromatic heterocycles. The van der Waals surface area contributed by atoms with E-state index in [0.29, 0.717) is 5.92 Å². The van der Waals surface area contributed by atoms with Gasteiger partial charge in [0, 0.05) is 17.8 Å². The van der Waals surface area contributed by atoms with Gasteiger partial charge in [-0.05, 0) is 19.8 Å². The molecule has 84 valence electrons. The van der Waals surface area contributed by atoms with Crippen LogP contribution in [0.4, 0.5) is 0 Å². The predicted octanol–water partition coefficient (Wildman–Crippen LogP) is 3.94. The van der Waals surface area contributed by atoms with Crippen LogP contribution in [0.3, 0.4) is 0 Å². The van der Waals surface area contributed by atoms with Gasteiger partial charge in [-0.3, -0.25) is 0 Å². The summed E-state index contributed by atoms with van der Waals surface area (Å²) in [5.74, 6) is 1.92. The number of H-pyrrole nitrogens is 1. The van der Waals surface area contributed by atoms with Gasteiger partial charge in [0.05, 0.1) is 0 Å². The lowest BCUT2D eigenvalue weighted by atomic mass is 9.96. The maximum absolute atomic E-state index is 4.49. The van der Waals surface area contributed by atoms with Crippen molar-refractivity contribution in [1.82, 2.24) is 9.97 Å². The molecule has 1 aliphatic carbocycles. The number of rotatable bonds is 1. The van der Waals surface area contributed by atoms with Crippen molar-refractivity contribution in [3.8, 4) is 0 Å². The lowest BCUT2D eigenvalue weighted by Crippen LogP contribution is -2.01. The molecule has 0 radical (unpaired) electrons. The van der Waals surface area contributed by atoms with Gasteiger partial charge in [0.25, 0.3) is 0 Å². The van der Waals surface area contributed by atoms with Crippen molar-refractivity contribution >= 4 is 0 Å². The number of imidazole rings is 1. The molecule has 0 unspecified atom stereocenters. The highest BCUT2D eigenvalue weighted by Gasteiger charge is 2.15. The predicted molar refractivity (Wildman–Crippen MR) is 63.0 cm³/mol. The fourth-order valence-corrected chi connectivity index (χ4v) is 2.55. The SMILES string of the molecule is Cc1cnc(C2CCCCCCCC2)[nH]1. The molecule has 1 aliphatic rings. The van der Waals surface area contributed by atoms with E-state index in [4.69, 9.17) is 0 Å². The Balaban J connectivity index is 1.98. The Morgan fingerprint density at radius 3 is 2.20 bits per heavy atom. The Morgan fingerprint density at radius 1 is 1.07 bits per heavy atom. The summed E-state index contributed by atoms with van der Waals surface area (Å²) in [5.41, 5.74) is 1.20. The van der Waals surface area contributed by atoms with E-state index in [9.17, 15) is 0 Å². The van der Waals surface area contributed by atoms with Crippen LogP contribution in [0.1, 0.15) is 68.8 Å². The first kappa shape index (κ1) is 10.7. The first-order valence-electron chi connectivity index (χ1n) is 6.38. The number of hydrogen-bond acceptors (Lipinski definition) is 1. The van der Waals surface area contributed by atoms with Gasteiger partial charge in [0.1, 0.15) is 5.82 Å². The van der Waals surface area contributed by atoms with E-state index in [-0.39, 0.29) is 0 Å². The minimum Gasteiger partial charge on any atom is -0.346 e. The smallest absolute Gasteiger partial charge is 0.109 e. The van der Waals surface area contributed by atoms with Gasteiger partial charge >= 0.3 is 0 Å². The molecule has 1 aromatic rings. The molecule has 1 fully saturated rings. The molecular weight excluding hydrogens is 184 g/mol. The summed E-state index contributed by atoms with van der Waals surface area (Å²) in [5, 5.41) is 0.